The number of carbonyl (C=O) groups excluding carboxylic acids is 2. The molecule has 2 heteroatoms. The summed E-state index contributed by atoms with van der Waals surface area (Å²) < 4.78 is 0. The van der Waals surface area contributed by atoms with Crippen molar-refractivity contribution in [1.29, 1.82) is 0 Å². The molecule has 0 spiro atoms. The van der Waals surface area contributed by atoms with E-state index in [9.17, 15) is 9.59 Å². The first-order chi connectivity index (χ1) is 10.3. The quantitative estimate of drug-likeness (QED) is 0.389. The van der Waals surface area contributed by atoms with Gasteiger partial charge in [-0.3, -0.25) is 9.59 Å². The van der Waals surface area contributed by atoms with E-state index in [1.807, 2.05) is 26.8 Å². The zero-order valence-corrected chi connectivity index (χ0v) is 14.7. The molecule has 0 aromatic heterocycles. The molecule has 0 radical (unpaired) electrons. The number of hydrogen-bond donors (Lipinski definition) is 0. The van der Waals surface area contributed by atoms with Gasteiger partial charge in [-0.2, -0.15) is 0 Å². The fourth-order valence-electron chi connectivity index (χ4n) is 2.06. The van der Waals surface area contributed by atoms with Crippen molar-refractivity contribution in [3.05, 3.63) is 47.1 Å². The Kier molecular flexibility index (Phi) is 10.1. The molecule has 122 valence electrons. The van der Waals surface area contributed by atoms with Crippen molar-refractivity contribution in [1.82, 2.24) is 0 Å². The van der Waals surface area contributed by atoms with Crippen LogP contribution in [0.25, 0.3) is 0 Å². The van der Waals surface area contributed by atoms with Gasteiger partial charge in [0.05, 0.1) is 0 Å². The molecule has 0 saturated heterocycles. The summed E-state index contributed by atoms with van der Waals surface area (Å²) in [6.07, 6.45) is 10.4. The lowest BCUT2D eigenvalue weighted by Crippen LogP contribution is -2.14. The zero-order chi connectivity index (χ0) is 17.1. The van der Waals surface area contributed by atoms with E-state index in [1.165, 1.54) is 5.57 Å². The van der Waals surface area contributed by atoms with Crippen molar-refractivity contribution >= 4 is 12.1 Å². The maximum absolute atomic E-state index is 11.2. The van der Waals surface area contributed by atoms with Gasteiger partial charge in [-0.1, -0.05) is 35.5 Å². The molecular formula is C20H30O2. The Hall–Kier alpha value is -1.70. The summed E-state index contributed by atoms with van der Waals surface area (Å²) in [5, 5.41) is 0. The molecule has 0 N–H and O–H groups in total. The second-order valence-corrected chi connectivity index (χ2v) is 6.26. The van der Waals surface area contributed by atoms with Crippen LogP contribution in [0.15, 0.2) is 47.1 Å². The Morgan fingerprint density at radius 3 is 2.41 bits per heavy atom. The molecule has 1 atom stereocenters. The summed E-state index contributed by atoms with van der Waals surface area (Å²) in [6.45, 7) is 13.9. The van der Waals surface area contributed by atoms with Crippen molar-refractivity contribution < 1.29 is 9.59 Å². The van der Waals surface area contributed by atoms with Gasteiger partial charge in [0.15, 0.2) is 5.78 Å². The monoisotopic (exact) mass is 302 g/mol. The SMILES string of the molecule is C=C(C)C1CC=C(C)C(=O)C1.CC(C)=CCC/C(C)=C/C=O. The number of ketones is 1. The summed E-state index contributed by atoms with van der Waals surface area (Å²) in [5.41, 5.74) is 4.53. The Balaban J connectivity index is 0.000000401. The number of hydrogen-bond acceptors (Lipinski definition) is 2. The largest absolute Gasteiger partial charge is 0.299 e. The second-order valence-electron chi connectivity index (χ2n) is 6.26. The van der Waals surface area contributed by atoms with E-state index in [4.69, 9.17) is 0 Å². The molecule has 22 heavy (non-hydrogen) atoms. The van der Waals surface area contributed by atoms with Crippen LogP contribution in [0.1, 0.15) is 60.3 Å². The van der Waals surface area contributed by atoms with E-state index in [1.54, 1.807) is 6.08 Å². The fraction of sp³-hybridized carbons (Fsp3) is 0.500. The third-order valence-electron chi connectivity index (χ3n) is 3.72. The Morgan fingerprint density at radius 1 is 1.32 bits per heavy atom. The van der Waals surface area contributed by atoms with E-state index in [-0.39, 0.29) is 5.78 Å². The number of Topliss-reactive ketones (excluding diaryl/α,β-unsaturated/α-hetero) is 1. The van der Waals surface area contributed by atoms with Crippen LogP contribution in [0.3, 0.4) is 0 Å². The van der Waals surface area contributed by atoms with Gasteiger partial charge in [-0.05, 0) is 71.4 Å². The van der Waals surface area contributed by atoms with Crippen LogP contribution in [-0.4, -0.2) is 12.1 Å². The molecule has 0 amide bonds. The van der Waals surface area contributed by atoms with Gasteiger partial charge in [-0.15, -0.1) is 0 Å². The molecule has 0 aromatic rings. The van der Waals surface area contributed by atoms with Crippen molar-refractivity contribution in [2.24, 2.45) is 5.92 Å². The molecule has 2 nitrogen and oxygen atoms in total. The van der Waals surface area contributed by atoms with Gasteiger partial charge in [0.2, 0.25) is 0 Å². The molecule has 0 heterocycles. The summed E-state index contributed by atoms with van der Waals surface area (Å²) >= 11 is 0. The highest BCUT2D eigenvalue weighted by Gasteiger charge is 2.19. The molecule has 0 aromatic carbocycles. The van der Waals surface area contributed by atoms with E-state index in [0.717, 1.165) is 42.3 Å². The molecule has 0 bridgehead atoms. The molecule has 1 aliphatic rings. The number of rotatable bonds is 5. The predicted octanol–water partition coefficient (Wildman–Crippen LogP) is 5.37. The molecule has 1 aliphatic carbocycles. The van der Waals surface area contributed by atoms with Crippen LogP contribution in [0.2, 0.25) is 0 Å². The van der Waals surface area contributed by atoms with E-state index in [0.29, 0.717) is 12.3 Å². The molecule has 0 saturated carbocycles. The molecule has 1 rings (SSSR count). The second kappa shape index (κ2) is 10.9. The van der Waals surface area contributed by atoms with Crippen LogP contribution in [0.5, 0.6) is 0 Å². The van der Waals surface area contributed by atoms with Gasteiger partial charge in [0.25, 0.3) is 0 Å². The first kappa shape index (κ1) is 20.3. The van der Waals surface area contributed by atoms with E-state index in [2.05, 4.69) is 26.5 Å². The first-order valence-corrected chi connectivity index (χ1v) is 7.87. The lowest BCUT2D eigenvalue weighted by Gasteiger charge is -2.18. The Labute approximate surface area is 135 Å². The van der Waals surface area contributed by atoms with Gasteiger partial charge in [0, 0.05) is 6.42 Å². The number of allylic oxidation sites excluding steroid dienone is 7. The lowest BCUT2D eigenvalue weighted by molar-refractivity contribution is -0.116. The van der Waals surface area contributed by atoms with Gasteiger partial charge >= 0.3 is 0 Å². The normalized spacial score (nSPS) is 17.9. The summed E-state index contributed by atoms with van der Waals surface area (Å²) in [5.74, 6) is 0.676. The average Bonchev–Trinajstić information content (AvgIpc) is 2.42. The molecule has 0 aliphatic heterocycles. The van der Waals surface area contributed by atoms with E-state index < -0.39 is 0 Å². The maximum atomic E-state index is 11.2. The standard InChI is InChI=1S/C10H14O.C10H16O/c1-7(2)9-5-4-8(3)10(11)6-9;1-9(2)5-4-6-10(3)7-8-11/h4,9H,1,5-6H2,2-3H3;5,7-8H,4,6H2,1-3H3/b;10-7+. The van der Waals surface area contributed by atoms with Gasteiger partial charge < -0.3 is 0 Å². The minimum absolute atomic E-state index is 0.282. The van der Waals surface area contributed by atoms with Crippen molar-refractivity contribution in [3.8, 4) is 0 Å². The van der Waals surface area contributed by atoms with E-state index >= 15 is 0 Å². The third kappa shape index (κ3) is 9.28. The highest BCUT2D eigenvalue weighted by Crippen LogP contribution is 2.25. The summed E-state index contributed by atoms with van der Waals surface area (Å²) in [4.78, 5) is 21.2. The smallest absolute Gasteiger partial charge is 0.158 e. The number of carbonyl (C=O) groups is 2. The Morgan fingerprint density at radius 2 is 1.95 bits per heavy atom. The minimum Gasteiger partial charge on any atom is -0.299 e. The van der Waals surface area contributed by atoms with Gasteiger partial charge in [-0.25, -0.2) is 0 Å². The zero-order valence-electron chi connectivity index (χ0n) is 14.7. The number of aldehydes is 1. The summed E-state index contributed by atoms with van der Waals surface area (Å²) in [7, 11) is 0. The van der Waals surface area contributed by atoms with Crippen LogP contribution in [0.4, 0.5) is 0 Å². The highest BCUT2D eigenvalue weighted by molar-refractivity contribution is 5.95. The molecular weight excluding hydrogens is 272 g/mol. The Bertz CT molecular complexity index is 486. The maximum Gasteiger partial charge on any atom is 0.158 e. The van der Waals surface area contributed by atoms with Crippen molar-refractivity contribution in [3.63, 3.8) is 0 Å². The van der Waals surface area contributed by atoms with Crippen molar-refractivity contribution in [2.45, 2.75) is 60.3 Å². The van der Waals surface area contributed by atoms with Crippen LogP contribution in [0, 0.1) is 5.92 Å². The molecule has 0 fully saturated rings. The van der Waals surface area contributed by atoms with Gasteiger partial charge in [0.1, 0.15) is 6.29 Å². The topological polar surface area (TPSA) is 34.1 Å². The van der Waals surface area contributed by atoms with Crippen LogP contribution < -0.4 is 0 Å². The molecule has 1 unspecified atom stereocenters. The predicted molar refractivity (Wildman–Crippen MR) is 94.8 cm³/mol. The third-order valence-corrected chi connectivity index (χ3v) is 3.72. The average molecular weight is 302 g/mol. The first-order valence-electron chi connectivity index (χ1n) is 7.87. The van der Waals surface area contributed by atoms with Crippen LogP contribution in [-0.2, 0) is 9.59 Å². The van der Waals surface area contributed by atoms with Crippen LogP contribution >= 0.6 is 0 Å². The van der Waals surface area contributed by atoms with Crippen molar-refractivity contribution in [2.75, 3.05) is 0 Å². The fourth-order valence-corrected chi connectivity index (χ4v) is 2.06. The lowest BCUT2D eigenvalue weighted by atomic mass is 9.85. The highest BCUT2D eigenvalue weighted by atomic mass is 16.1. The summed E-state index contributed by atoms with van der Waals surface area (Å²) in [6, 6.07) is 0. The minimum atomic E-state index is 0.282.